The van der Waals surface area contributed by atoms with Crippen LogP contribution in [0.25, 0.3) is 0 Å². The van der Waals surface area contributed by atoms with Crippen LogP contribution in [0.4, 0.5) is 10.5 Å². The average Bonchev–Trinajstić information content (AvgIpc) is 3.11. The zero-order valence-electron chi connectivity index (χ0n) is 13.7. The number of hydrogen-bond donors (Lipinski definition) is 1. The van der Waals surface area contributed by atoms with Crippen LogP contribution in [-0.4, -0.2) is 37.4 Å². The summed E-state index contributed by atoms with van der Waals surface area (Å²) in [7, 11) is 3.27. The molecule has 0 radical (unpaired) electrons. The molecular formula is C18H20N2O3S. The molecule has 0 saturated carbocycles. The quantitative estimate of drug-likeness (QED) is 0.911. The molecular weight excluding hydrogens is 324 g/mol. The van der Waals surface area contributed by atoms with Crippen molar-refractivity contribution in [3.8, 4) is 11.5 Å². The van der Waals surface area contributed by atoms with Gasteiger partial charge in [0.05, 0.1) is 14.2 Å². The van der Waals surface area contributed by atoms with E-state index in [1.807, 2.05) is 53.4 Å². The summed E-state index contributed by atoms with van der Waals surface area (Å²) in [5.74, 6) is 2.39. The van der Waals surface area contributed by atoms with Gasteiger partial charge in [-0.15, -0.1) is 11.8 Å². The molecule has 2 aromatic rings. The second-order valence-corrected chi connectivity index (χ2v) is 6.51. The van der Waals surface area contributed by atoms with Crippen LogP contribution in [0.5, 0.6) is 11.5 Å². The van der Waals surface area contributed by atoms with E-state index in [-0.39, 0.29) is 11.4 Å². The van der Waals surface area contributed by atoms with Crippen molar-refractivity contribution in [3.63, 3.8) is 0 Å². The van der Waals surface area contributed by atoms with Crippen molar-refractivity contribution >= 4 is 23.5 Å². The normalized spacial score (nSPS) is 16.8. The number of hydrogen-bond acceptors (Lipinski definition) is 4. The van der Waals surface area contributed by atoms with E-state index in [4.69, 9.17) is 9.47 Å². The molecule has 1 atom stereocenters. The minimum absolute atomic E-state index is 0.0984. The van der Waals surface area contributed by atoms with Crippen LogP contribution in [0.2, 0.25) is 0 Å². The van der Waals surface area contributed by atoms with Gasteiger partial charge in [-0.05, 0) is 30.3 Å². The predicted molar refractivity (Wildman–Crippen MR) is 96.9 cm³/mol. The zero-order chi connectivity index (χ0) is 16.9. The van der Waals surface area contributed by atoms with Gasteiger partial charge >= 0.3 is 6.03 Å². The molecule has 2 aromatic carbocycles. The smallest absolute Gasteiger partial charge is 0.323 e. The Morgan fingerprint density at radius 2 is 1.96 bits per heavy atom. The number of anilines is 1. The Labute approximate surface area is 145 Å². The van der Waals surface area contributed by atoms with Crippen molar-refractivity contribution in [1.82, 2.24) is 4.90 Å². The maximum Gasteiger partial charge on any atom is 0.323 e. The molecule has 1 N–H and O–H groups in total. The van der Waals surface area contributed by atoms with Crippen LogP contribution in [0.1, 0.15) is 10.9 Å². The second-order valence-electron chi connectivity index (χ2n) is 5.32. The summed E-state index contributed by atoms with van der Waals surface area (Å²) >= 11 is 1.72. The van der Waals surface area contributed by atoms with E-state index in [9.17, 15) is 4.79 Å². The fourth-order valence-corrected chi connectivity index (χ4v) is 3.95. The standard InChI is InChI=1S/C18H20N2O3S/c1-22-14-8-9-16(23-2)15(12-14)17-20(10-11-24-17)18(21)19-13-6-4-3-5-7-13/h3-9,12,17H,10-11H2,1-2H3,(H,19,21)/t17-/m0/s1. The minimum Gasteiger partial charge on any atom is -0.497 e. The van der Waals surface area contributed by atoms with Crippen LogP contribution >= 0.6 is 11.8 Å². The highest BCUT2D eigenvalue weighted by molar-refractivity contribution is 7.99. The maximum atomic E-state index is 12.7. The number of para-hydroxylation sites is 1. The lowest BCUT2D eigenvalue weighted by atomic mass is 10.1. The highest BCUT2D eigenvalue weighted by Crippen LogP contribution is 2.43. The van der Waals surface area contributed by atoms with Crippen LogP contribution in [0.15, 0.2) is 48.5 Å². The van der Waals surface area contributed by atoms with E-state index in [1.165, 1.54) is 0 Å². The first-order valence-electron chi connectivity index (χ1n) is 7.69. The van der Waals surface area contributed by atoms with E-state index in [0.29, 0.717) is 6.54 Å². The molecule has 0 spiro atoms. The van der Waals surface area contributed by atoms with Crippen LogP contribution in [-0.2, 0) is 0 Å². The Morgan fingerprint density at radius 3 is 2.67 bits per heavy atom. The monoisotopic (exact) mass is 344 g/mol. The lowest BCUT2D eigenvalue weighted by Crippen LogP contribution is -2.34. The number of methoxy groups -OCH3 is 2. The summed E-state index contributed by atoms with van der Waals surface area (Å²) in [4.78, 5) is 14.5. The molecule has 2 amide bonds. The van der Waals surface area contributed by atoms with Crippen molar-refractivity contribution in [3.05, 3.63) is 54.1 Å². The van der Waals surface area contributed by atoms with Gasteiger partial charge in [-0.2, -0.15) is 0 Å². The molecule has 5 nitrogen and oxygen atoms in total. The number of benzene rings is 2. The molecule has 24 heavy (non-hydrogen) atoms. The van der Waals surface area contributed by atoms with Crippen molar-refractivity contribution in [2.24, 2.45) is 0 Å². The predicted octanol–water partition coefficient (Wildman–Crippen LogP) is 3.98. The SMILES string of the molecule is COc1ccc(OC)c([C@@H]2SCCN2C(=O)Nc2ccccc2)c1. The number of urea groups is 1. The molecule has 1 saturated heterocycles. The van der Waals surface area contributed by atoms with Gasteiger partial charge in [-0.3, -0.25) is 0 Å². The van der Waals surface area contributed by atoms with Crippen molar-refractivity contribution in [1.29, 1.82) is 0 Å². The van der Waals surface area contributed by atoms with Gasteiger partial charge in [0.1, 0.15) is 16.9 Å². The van der Waals surface area contributed by atoms with Gasteiger partial charge in [0, 0.05) is 23.5 Å². The first-order chi connectivity index (χ1) is 11.7. The van der Waals surface area contributed by atoms with Crippen molar-refractivity contribution < 1.29 is 14.3 Å². The Morgan fingerprint density at radius 1 is 1.17 bits per heavy atom. The molecule has 6 heteroatoms. The Bertz CT molecular complexity index is 709. The van der Waals surface area contributed by atoms with Gasteiger partial charge < -0.3 is 19.7 Å². The molecule has 0 unspecified atom stereocenters. The number of amides is 2. The third kappa shape index (κ3) is 3.43. The molecule has 1 fully saturated rings. The summed E-state index contributed by atoms with van der Waals surface area (Å²) < 4.78 is 10.8. The first-order valence-corrected chi connectivity index (χ1v) is 8.74. The lowest BCUT2D eigenvalue weighted by Gasteiger charge is -2.26. The molecule has 0 aromatic heterocycles. The molecule has 126 valence electrons. The molecule has 1 heterocycles. The van der Waals surface area contributed by atoms with Crippen molar-refractivity contribution in [2.75, 3.05) is 31.8 Å². The highest BCUT2D eigenvalue weighted by atomic mass is 32.2. The summed E-state index contributed by atoms with van der Waals surface area (Å²) in [6.07, 6.45) is 0. The Kier molecular flexibility index (Phi) is 5.15. The lowest BCUT2D eigenvalue weighted by molar-refractivity contribution is 0.213. The zero-order valence-corrected chi connectivity index (χ0v) is 14.5. The van der Waals surface area contributed by atoms with Gasteiger partial charge in [-0.1, -0.05) is 18.2 Å². The first kappa shape index (κ1) is 16.5. The number of carbonyl (C=O) groups excluding carboxylic acids is 1. The number of thioether (sulfide) groups is 1. The topological polar surface area (TPSA) is 50.8 Å². The molecule has 1 aliphatic heterocycles. The van der Waals surface area contributed by atoms with Gasteiger partial charge in [0.2, 0.25) is 0 Å². The van der Waals surface area contributed by atoms with E-state index < -0.39 is 0 Å². The maximum absolute atomic E-state index is 12.7. The summed E-state index contributed by atoms with van der Waals surface area (Å²) in [5, 5.41) is 2.85. The number of ether oxygens (including phenoxy) is 2. The fourth-order valence-electron chi connectivity index (χ4n) is 2.68. The highest BCUT2D eigenvalue weighted by Gasteiger charge is 2.33. The molecule has 0 aliphatic carbocycles. The number of carbonyl (C=O) groups is 1. The van der Waals surface area contributed by atoms with Gasteiger partial charge in [0.15, 0.2) is 0 Å². The van der Waals surface area contributed by atoms with Gasteiger partial charge in [-0.25, -0.2) is 4.79 Å². The summed E-state index contributed by atoms with van der Waals surface area (Å²) in [6, 6.07) is 15.0. The largest absolute Gasteiger partial charge is 0.497 e. The Balaban J connectivity index is 1.84. The third-order valence-corrected chi connectivity index (χ3v) is 5.12. The van der Waals surface area contributed by atoms with E-state index >= 15 is 0 Å². The number of rotatable bonds is 4. The number of nitrogens with zero attached hydrogens (tertiary/aromatic N) is 1. The third-order valence-electron chi connectivity index (χ3n) is 3.88. The minimum atomic E-state index is -0.110. The van der Waals surface area contributed by atoms with Crippen LogP contribution < -0.4 is 14.8 Å². The van der Waals surface area contributed by atoms with Crippen molar-refractivity contribution in [2.45, 2.75) is 5.37 Å². The summed E-state index contributed by atoms with van der Waals surface area (Å²) in [5.41, 5.74) is 1.73. The Hall–Kier alpha value is -2.34. The van der Waals surface area contributed by atoms with E-state index in [2.05, 4.69) is 5.32 Å². The molecule has 1 aliphatic rings. The average molecular weight is 344 g/mol. The molecule has 3 rings (SSSR count). The summed E-state index contributed by atoms with van der Waals surface area (Å²) in [6.45, 7) is 0.689. The van der Waals surface area contributed by atoms with Crippen LogP contribution in [0.3, 0.4) is 0 Å². The van der Waals surface area contributed by atoms with Crippen LogP contribution in [0, 0.1) is 0 Å². The fraction of sp³-hybridized carbons (Fsp3) is 0.278. The van der Waals surface area contributed by atoms with Gasteiger partial charge in [0.25, 0.3) is 0 Å². The second kappa shape index (κ2) is 7.49. The number of nitrogens with one attached hydrogen (secondary N) is 1. The molecule has 0 bridgehead atoms. The van der Waals surface area contributed by atoms with E-state index in [0.717, 1.165) is 28.5 Å². The van der Waals surface area contributed by atoms with E-state index in [1.54, 1.807) is 26.0 Å².